The molecular weight excluding hydrogens is 368 g/mol. The number of esters is 1. The quantitative estimate of drug-likeness (QED) is 0.359. The van der Waals surface area contributed by atoms with Gasteiger partial charge in [0, 0.05) is 5.56 Å². The van der Waals surface area contributed by atoms with Gasteiger partial charge in [-0.05, 0) is 41.5 Å². The van der Waals surface area contributed by atoms with Crippen LogP contribution in [0.25, 0.3) is 10.8 Å². The molecule has 1 amide bonds. The fraction of sp³-hybridized carbons (Fsp3) is 0.174. The molecule has 0 bridgehead atoms. The Labute approximate surface area is 169 Å². The fourth-order valence-corrected chi connectivity index (χ4v) is 2.68. The summed E-state index contributed by atoms with van der Waals surface area (Å²) in [6, 6.07) is 20.3. The molecule has 0 spiro atoms. The van der Waals surface area contributed by atoms with E-state index in [0.29, 0.717) is 17.9 Å². The number of carbonyl (C=O) groups is 2. The molecule has 29 heavy (non-hydrogen) atoms. The van der Waals surface area contributed by atoms with E-state index in [1.165, 1.54) is 0 Å². The van der Waals surface area contributed by atoms with Crippen molar-refractivity contribution in [3.05, 3.63) is 77.9 Å². The van der Waals surface area contributed by atoms with Crippen molar-refractivity contribution in [3.8, 4) is 5.75 Å². The molecule has 0 aliphatic carbocycles. The van der Waals surface area contributed by atoms with E-state index in [2.05, 4.69) is 10.5 Å². The molecule has 0 aliphatic rings. The highest BCUT2D eigenvalue weighted by Gasteiger charge is 2.07. The first-order valence-corrected chi connectivity index (χ1v) is 9.37. The first-order chi connectivity index (χ1) is 14.2. The van der Waals surface area contributed by atoms with Crippen LogP contribution in [0.4, 0.5) is 0 Å². The van der Waals surface area contributed by atoms with E-state index in [1.807, 2.05) is 49.4 Å². The number of carbonyl (C=O) groups excluding carboxylic acids is 2. The Morgan fingerprint density at radius 3 is 2.55 bits per heavy atom. The minimum atomic E-state index is -0.382. The van der Waals surface area contributed by atoms with Crippen molar-refractivity contribution in [3.63, 3.8) is 0 Å². The molecule has 0 heterocycles. The monoisotopic (exact) mass is 390 g/mol. The van der Waals surface area contributed by atoms with Crippen LogP contribution in [-0.2, 0) is 9.53 Å². The van der Waals surface area contributed by atoms with Gasteiger partial charge in [-0.2, -0.15) is 5.10 Å². The lowest BCUT2D eigenvalue weighted by Crippen LogP contribution is -2.24. The molecule has 0 atom stereocenters. The van der Waals surface area contributed by atoms with Gasteiger partial charge in [0.2, 0.25) is 0 Å². The normalized spacial score (nSPS) is 10.8. The highest BCUT2D eigenvalue weighted by atomic mass is 16.5. The van der Waals surface area contributed by atoms with Gasteiger partial charge in [0.25, 0.3) is 5.91 Å². The van der Waals surface area contributed by atoms with E-state index in [1.54, 1.807) is 30.5 Å². The molecule has 6 heteroatoms. The van der Waals surface area contributed by atoms with Gasteiger partial charge in [0.1, 0.15) is 5.75 Å². The standard InChI is InChI=1S/C23H22N2O4/c1-2-14-28-23(27)18-10-12-20(13-11-18)29-16-22(26)25-24-15-19-8-5-7-17-6-3-4-9-21(17)19/h3-13,15H,2,14,16H2,1H3,(H,25,26). The number of nitrogens with zero attached hydrogens (tertiary/aromatic N) is 1. The van der Waals surface area contributed by atoms with Crippen molar-refractivity contribution in [1.82, 2.24) is 5.43 Å². The molecule has 0 unspecified atom stereocenters. The fourth-order valence-electron chi connectivity index (χ4n) is 2.68. The van der Waals surface area contributed by atoms with Gasteiger partial charge in [-0.25, -0.2) is 10.2 Å². The number of nitrogens with one attached hydrogen (secondary N) is 1. The maximum Gasteiger partial charge on any atom is 0.338 e. The summed E-state index contributed by atoms with van der Waals surface area (Å²) in [4.78, 5) is 23.7. The SMILES string of the molecule is CCCOC(=O)c1ccc(OCC(=O)NN=Cc2cccc3ccccc23)cc1. The molecule has 0 saturated carbocycles. The summed E-state index contributed by atoms with van der Waals surface area (Å²) in [6.07, 6.45) is 2.38. The van der Waals surface area contributed by atoms with Gasteiger partial charge in [0.05, 0.1) is 18.4 Å². The van der Waals surface area contributed by atoms with Crippen LogP contribution in [0, 0.1) is 0 Å². The molecule has 0 fully saturated rings. The van der Waals surface area contributed by atoms with E-state index in [0.717, 1.165) is 22.8 Å². The molecule has 0 aliphatic heterocycles. The van der Waals surface area contributed by atoms with Crippen LogP contribution in [-0.4, -0.2) is 31.3 Å². The summed E-state index contributed by atoms with van der Waals surface area (Å²) < 4.78 is 10.5. The zero-order valence-corrected chi connectivity index (χ0v) is 16.1. The largest absolute Gasteiger partial charge is 0.484 e. The molecule has 0 aromatic heterocycles. The van der Waals surface area contributed by atoms with Crippen LogP contribution in [0.5, 0.6) is 5.75 Å². The molecule has 148 valence electrons. The maximum atomic E-state index is 11.9. The number of hydrogen-bond donors (Lipinski definition) is 1. The number of amides is 1. The Bertz CT molecular complexity index is 1010. The average Bonchev–Trinajstić information content (AvgIpc) is 2.76. The third kappa shape index (κ3) is 5.65. The number of hydrogen-bond acceptors (Lipinski definition) is 5. The lowest BCUT2D eigenvalue weighted by Gasteiger charge is -2.07. The summed E-state index contributed by atoms with van der Waals surface area (Å²) >= 11 is 0. The minimum absolute atomic E-state index is 0.188. The minimum Gasteiger partial charge on any atom is -0.484 e. The first kappa shape index (κ1) is 20.1. The van der Waals surface area contributed by atoms with Crippen molar-refractivity contribution in [2.24, 2.45) is 5.10 Å². The second-order valence-electron chi connectivity index (χ2n) is 6.31. The van der Waals surface area contributed by atoms with Crippen LogP contribution >= 0.6 is 0 Å². The van der Waals surface area contributed by atoms with Crippen molar-refractivity contribution >= 4 is 28.9 Å². The Kier molecular flexibility index (Phi) is 6.95. The molecule has 3 aromatic rings. The topological polar surface area (TPSA) is 77.0 Å². The van der Waals surface area contributed by atoms with E-state index in [4.69, 9.17) is 9.47 Å². The molecular formula is C23H22N2O4. The summed E-state index contributed by atoms with van der Waals surface area (Å²) in [5.74, 6) is -0.281. The summed E-state index contributed by atoms with van der Waals surface area (Å²) in [7, 11) is 0. The maximum absolute atomic E-state index is 11.9. The number of rotatable bonds is 8. The lowest BCUT2D eigenvalue weighted by atomic mass is 10.1. The lowest BCUT2D eigenvalue weighted by molar-refractivity contribution is -0.123. The molecule has 0 saturated heterocycles. The number of benzene rings is 3. The second kappa shape index (κ2) is 10.0. The highest BCUT2D eigenvalue weighted by molar-refractivity contribution is 6.00. The first-order valence-electron chi connectivity index (χ1n) is 9.37. The number of hydrazone groups is 1. The average molecular weight is 390 g/mol. The molecule has 0 radical (unpaired) electrons. The third-order valence-corrected chi connectivity index (χ3v) is 4.11. The number of ether oxygens (including phenoxy) is 2. The van der Waals surface area contributed by atoms with Crippen LogP contribution in [0.3, 0.4) is 0 Å². The molecule has 6 nitrogen and oxygen atoms in total. The van der Waals surface area contributed by atoms with Gasteiger partial charge in [-0.1, -0.05) is 49.4 Å². The van der Waals surface area contributed by atoms with E-state index in [-0.39, 0.29) is 18.5 Å². The summed E-state index contributed by atoms with van der Waals surface area (Å²) in [5.41, 5.74) is 3.80. The molecule has 1 N–H and O–H groups in total. The van der Waals surface area contributed by atoms with E-state index >= 15 is 0 Å². The second-order valence-corrected chi connectivity index (χ2v) is 6.31. The predicted octanol–water partition coefficient (Wildman–Crippen LogP) is 3.94. The van der Waals surface area contributed by atoms with Gasteiger partial charge in [0.15, 0.2) is 6.61 Å². The Hall–Kier alpha value is -3.67. The summed E-state index contributed by atoms with van der Waals surface area (Å²) in [5, 5.41) is 6.17. The molecule has 3 aromatic carbocycles. The van der Waals surface area contributed by atoms with Gasteiger partial charge >= 0.3 is 5.97 Å². The van der Waals surface area contributed by atoms with E-state index < -0.39 is 0 Å². The third-order valence-electron chi connectivity index (χ3n) is 4.11. The van der Waals surface area contributed by atoms with Crippen molar-refractivity contribution in [2.45, 2.75) is 13.3 Å². The summed E-state index contributed by atoms with van der Waals surface area (Å²) in [6.45, 7) is 2.13. The number of fused-ring (bicyclic) bond motifs is 1. The Morgan fingerprint density at radius 1 is 1.00 bits per heavy atom. The van der Waals surface area contributed by atoms with Gasteiger partial charge in [-0.3, -0.25) is 4.79 Å². The van der Waals surface area contributed by atoms with E-state index in [9.17, 15) is 9.59 Å². The molecule has 3 rings (SSSR count). The Morgan fingerprint density at radius 2 is 1.76 bits per heavy atom. The van der Waals surface area contributed by atoms with Crippen molar-refractivity contribution in [2.75, 3.05) is 13.2 Å². The van der Waals surface area contributed by atoms with Gasteiger partial charge in [-0.15, -0.1) is 0 Å². The smallest absolute Gasteiger partial charge is 0.338 e. The van der Waals surface area contributed by atoms with Crippen molar-refractivity contribution < 1.29 is 19.1 Å². The predicted molar refractivity (Wildman–Crippen MR) is 112 cm³/mol. The van der Waals surface area contributed by atoms with Crippen molar-refractivity contribution in [1.29, 1.82) is 0 Å². The van der Waals surface area contributed by atoms with Crippen LogP contribution in [0.1, 0.15) is 29.3 Å². The van der Waals surface area contributed by atoms with Crippen LogP contribution in [0.15, 0.2) is 71.8 Å². The Balaban J connectivity index is 1.50. The zero-order chi connectivity index (χ0) is 20.5. The van der Waals surface area contributed by atoms with Crippen LogP contribution < -0.4 is 10.2 Å². The van der Waals surface area contributed by atoms with Crippen LogP contribution in [0.2, 0.25) is 0 Å². The highest BCUT2D eigenvalue weighted by Crippen LogP contribution is 2.16. The van der Waals surface area contributed by atoms with Gasteiger partial charge < -0.3 is 9.47 Å². The zero-order valence-electron chi connectivity index (χ0n) is 16.1.